The highest BCUT2D eigenvalue weighted by Crippen LogP contribution is 2.44. The molecule has 0 saturated carbocycles. The fraction of sp³-hybridized carbons (Fsp3) is 0.526. The number of carbonyl (C=O) groups is 2. The number of amides is 2. The molecule has 2 aromatic rings. The Balaban J connectivity index is 1.61. The molecule has 0 aliphatic carbocycles. The normalized spacial score (nSPS) is 24.8. The van der Waals surface area contributed by atoms with E-state index in [-0.39, 0.29) is 23.1 Å². The molecule has 2 aliphatic rings. The van der Waals surface area contributed by atoms with E-state index in [4.69, 9.17) is 0 Å². The van der Waals surface area contributed by atoms with Gasteiger partial charge in [-0.25, -0.2) is 4.98 Å². The highest BCUT2D eigenvalue weighted by atomic mass is 16.2. The minimum absolute atomic E-state index is 0.0106. The molecule has 27 heavy (non-hydrogen) atoms. The van der Waals surface area contributed by atoms with Crippen LogP contribution in [0.1, 0.15) is 41.0 Å². The third-order valence-electron chi connectivity index (χ3n) is 5.90. The predicted molar refractivity (Wildman–Crippen MR) is 98.0 cm³/mol. The lowest BCUT2D eigenvalue weighted by atomic mass is 9.71. The maximum absolute atomic E-state index is 12.9. The zero-order valence-electron chi connectivity index (χ0n) is 15.9. The summed E-state index contributed by atoms with van der Waals surface area (Å²) in [5, 5.41) is 7.35. The van der Waals surface area contributed by atoms with E-state index in [0.717, 1.165) is 23.8 Å². The van der Waals surface area contributed by atoms with Gasteiger partial charge in [-0.3, -0.25) is 19.7 Å². The highest BCUT2D eigenvalue weighted by Gasteiger charge is 2.54. The Morgan fingerprint density at radius 1 is 1.22 bits per heavy atom. The Morgan fingerprint density at radius 3 is 2.63 bits per heavy atom. The van der Waals surface area contributed by atoms with Crippen LogP contribution in [0.15, 0.2) is 18.3 Å². The van der Waals surface area contributed by atoms with Crippen LogP contribution in [0.2, 0.25) is 0 Å². The van der Waals surface area contributed by atoms with Gasteiger partial charge in [0.2, 0.25) is 5.91 Å². The smallest absolute Gasteiger partial charge is 0.255 e. The first-order valence-corrected chi connectivity index (χ1v) is 9.26. The predicted octanol–water partition coefficient (Wildman–Crippen LogP) is 1.08. The summed E-state index contributed by atoms with van der Waals surface area (Å²) in [4.78, 5) is 37.5. The summed E-state index contributed by atoms with van der Waals surface area (Å²) in [5.41, 5.74) is 1.19. The lowest BCUT2D eigenvalue weighted by molar-refractivity contribution is -0.128. The largest absolute Gasteiger partial charge is 0.342 e. The number of nitrogens with one attached hydrogen (secondary N) is 1. The number of likely N-dealkylation sites (tertiary alicyclic amines) is 2. The van der Waals surface area contributed by atoms with Gasteiger partial charge >= 0.3 is 0 Å². The van der Waals surface area contributed by atoms with Gasteiger partial charge in [-0.1, -0.05) is 0 Å². The maximum atomic E-state index is 12.9. The van der Waals surface area contributed by atoms with Gasteiger partial charge in [0, 0.05) is 50.9 Å². The summed E-state index contributed by atoms with van der Waals surface area (Å²) in [6.45, 7) is 7.80. The van der Waals surface area contributed by atoms with Gasteiger partial charge in [0.1, 0.15) is 5.82 Å². The molecule has 8 nitrogen and oxygen atoms in total. The first-order chi connectivity index (χ1) is 12.9. The molecule has 0 bridgehead atoms. The second-order valence-corrected chi connectivity index (χ2v) is 7.69. The van der Waals surface area contributed by atoms with E-state index in [9.17, 15) is 9.59 Å². The average molecular weight is 368 g/mol. The van der Waals surface area contributed by atoms with Crippen molar-refractivity contribution in [3.63, 3.8) is 0 Å². The molecule has 2 saturated heterocycles. The molecular weight excluding hydrogens is 344 g/mol. The SMILES string of the molecule is CC(=O)N1C[C@H]2CN(C(=O)c3ccc(C)nc3)CC[C@@]2(c2n[nH]c(C)n2)C1. The molecule has 1 N–H and O–H groups in total. The van der Waals surface area contributed by atoms with Crippen molar-refractivity contribution < 1.29 is 9.59 Å². The molecule has 0 unspecified atom stereocenters. The van der Waals surface area contributed by atoms with E-state index < -0.39 is 0 Å². The number of carbonyl (C=O) groups excluding carboxylic acids is 2. The second kappa shape index (κ2) is 6.44. The number of piperidine rings is 1. The van der Waals surface area contributed by atoms with Crippen molar-refractivity contribution in [1.29, 1.82) is 0 Å². The van der Waals surface area contributed by atoms with Gasteiger partial charge < -0.3 is 9.80 Å². The van der Waals surface area contributed by atoms with Crippen molar-refractivity contribution in [2.24, 2.45) is 5.92 Å². The quantitative estimate of drug-likeness (QED) is 0.856. The molecule has 2 atom stereocenters. The molecule has 2 aliphatic heterocycles. The number of hydrogen-bond donors (Lipinski definition) is 1. The third-order valence-corrected chi connectivity index (χ3v) is 5.90. The summed E-state index contributed by atoms with van der Waals surface area (Å²) in [5.74, 6) is 1.69. The van der Waals surface area contributed by atoms with Gasteiger partial charge in [-0.15, -0.1) is 0 Å². The van der Waals surface area contributed by atoms with Crippen molar-refractivity contribution in [3.8, 4) is 0 Å². The van der Waals surface area contributed by atoms with Crippen LogP contribution in [0.5, 0.6) is 0 Å². The van der Waals surface area contributed by atoms with E-state index in [1.807, 2.05) is 35.8 Å². The van der Waals surface area contributed by atoms with Crippen molar-refractivity contribution >= 4 is 11.8 Å². The minimum Gasteiger partial charge on any atom is -0.342 e. The lowest BCUT2D eigenvalue weighted by Gasteiger charge is -2.41. The highest BCUT2D eigenvalue weighted by molar-refractivity contribution is 5.94. The van der Waals surface area contributed by atoms with E-state index in [2.05, 4.69) is 20.2 Å². The number of aryl methyl sites for hydroxylation is 2. The molecule has 0 radical (unpaired) electrons. The monoisotopic (exact) mass is 368 g/mol. The second-order valence-electron chi connectivity index (χ2n) is 7.69. The van der Waals surface area contributed by atoms with Gasteiger partial charge in [-0.2, -0.15) is 5.10 Å². The molecule has 4 heterocycles. The van der Waals surface area contributed by atoms with Crippen molar-refractivity contribution in [2.75, 3.05) is 26.2 Å². The molecule has 2 aromatic heterocycles. The number of rotatable bonds is 2. The van der Waals surface area contributed by atoms with Crippen LogP contribution in [-0.4, -0.2) is 68.0 Å². The molecule has 142 valence electrons. The average Bonchev–Trinajstić information content (AvgIpc) is 3.25. The Kier molecular flexibility index (Phi) is 4.20. The van der Waals surface area contributed by atoms with Crippen molar-refractivity contribution in [2.45, 2.75) is 32.6 Å². The molecular formula is C19H24N6O2. The Bertz CT molecular complexity index is 877. The van der Waals surface area contributed by atoms with Crippen molar-refractivity contribution in [1.82, 2.24) is 30.0 Å². The Labute approximate surface area is 158 Å². The zero-order chi connectivity index (χ0) is 19.2. The molecule has 2 fully saturated rings. The molecule has 4 rings (SSSR count). The van der Waals surface area contributed by atoms with E-state index >= 15 is 0 Å². The zero-order valence-corrected chi connectivity index (χ0v) is 15.9. The third kappa shape index (κ3) is 2.98. The van der Waals surface area contributed by atoms with Gasteiger partial charge in [0.05, 0.1) is 11.0 Å². The number of aromatic amines is 1. The van der Waals surface area contributed by atoms with Crippen LogP contribution in [0.25, 0.3) is 0 Å². The summed E-state index contributed by atoms with van der Waals surface area (Å²) >= 11 is 0. The molecule has 0 spiro atoms. The molecule has 2 amide bonds. The van der Waals surface area contributed by atoms with Crippen LogP contribution < -0.4 is 0 Å². The lowest BCUT2D eigenvalue weighted by Crippen LogP contribution is -2.51. The number of aromatic nitrogens is 4. The number of fused-ring (bicyclic) bond motifs is 1. The maximum Gasteiger partial charge on any atom is 0.255 e. The molecule has 0 aromatic carbocycles. The van der Waals surface area contributed by atoms with E-state index in [1.54, 1.807) is 13.1 Å². The first kappa shape index (κ1) is 17.6. The summed E-state index contributed by atoms with van der Waals surface area (Å²) in [7, 11) is 0. The van der Waals surface area contributed by atoms with Crippen LogP contribution in [0, 0.1) is 19.8 Å². The molecule has 8 heteroatoms. The fourth-order valence-electron chi connectivity index (χ4n) is 4.31. The fourth-order valence-corrected chi connectivity index (χ4v) is 4.31. The van der Waals surface area contributed by atoms with Crippen LogP contribution in [0.3, 0.4) is 0 Å². The Morgan fingerprint density at radius 2 is 2.00 bits per heavy atom. The summed E-state index contributed by atoms with van der Waals surface area (Å²) in [6.07, 6.45) is 2.37. The van der Waals surface area contributed by atoms with Gasteiger partial charge in [0.15, 0.2) is 5.82 Å². The van der Waals surface area contributed by atoms with Crippen molar-refractivity contribution in [3.05, 3.63) is 41.2 Å². The topological polar surface area (TPSA) is 95.1 Å². The first-order valence-electron chi connectivity index (χ1n) is 9.26. The van der Waals surface area contributed by atoms with E-state index in [0.29, 0.717) is 31.7 Å². The summed E-state index contributed by atoms with van der Waals surface area (Å²) in [6, 6.07) is 3.67. The van der Waals surface area contributed by atoms with Crippen LogP contribution in [0.4, 0.5) is 0 Å². The standard InChI is InChI=1S/C19H24N6O2/c1-12-4-5-15(8-20-12)17(27)24-7-6-19(18-21-13(2)22-23-18)11-25(14(3)26)10-16(19)9-24/h4-5,8,16H,6-7,9-11H2,1-3H3,(H,21,22,23)/t16-,19-/m1/s1. The summed E-state index contributed by atoms with van der Waals surface area (Å²) < 4.78 is 0. The van der Waals surface area contributed by atoms with Gasteiger partial charge in [-0.05, 0) is 32.4 Å². The van der Waals surface area contributed by atoms with Crippen LogP contribution in [-0.2, 0) is 10.2 Å². The number of pyridine rings is 1. The number of hydrogen-bond acceptors (Lipinski definition) is 5. The number of nitrogens with zero attached hydrogens (tertiary/aromatic N) is 5. The van der Waals surface area contributed by atoms with Crippen LogP contribution >= 0.6 is 0 Å². The minimum atomic E-state index is -0.293. The van der Waals surface area contributed by atoms with Gasteiger partial charge in [0.25, 0.3) is 5.91 Å². The van der Waals surface area contributed by atoms with E-state index in [1.165, 1.54) is 0 Å². The Hall–Kier alpha value is -2.77. The number of H-pyrrole nitrogens is 1.